The van der Waals surface area contributed by atoms with Gasteiger partial charge in [-0.05, 0) is 91.8 Å². The number of carbonyl (C=O) groups is 1. The first-order valence-corrected chi connectivity index (χ1v) is 13.0. The van der Waals surface area contributed by atoms with Crippen LogP contribution in [0.5, 0.6) is 5.75 Å². The van der Waals surface area contributed by atoms with Crippen molar-refractivity contribution in [2.75, 3.05) is 31.7 Å². The van der Waals surface area contributed by atoms with Crippen LogP contribution in [0.4, 0.5) is 5.69 Å². The number of aliphatic hydroxyl groups excluding tert-OH is 1. The van der Waals surface area contributed by atoms with Gasteiger partial charge < -0.3 is 19.5 Å². The van der Waals surface area contributed by atoms with Crippen LogP contribution in [0, 0.1) is 11.8 Å². The van der Waals surface area contributed by atoms with Crippen molar-refractivity contribution >= 4 is 23.3 Å². The first kappa shape index (κ1) is 24.2. The van der Waals surface area contributed by atoms with Gasteiger partial charge in [0.1, 0.15) is 5.75 Å². The summed E-state index contributed by atoms with van der Waals surface area (Å²) in [5.41, 5.74) is 3.90. The predicted molar refractivity (Wildman–Crippen MR) is 139 cm³/mol. The fourth-order valence-electron chi connectivity index (χ4n) is 6.32. The van der Waals surface area contributed by atoms with E-state index in [1.165, 1.54) is 18.2 Å². The van der Waals surface area contributed by atoms with Crippen LogP contribution in [0.25, 0.3) is 0 Å². The third-order valence-electron chi connectivity index (χ3n) is 8.29. The molecule has 2 aliphatic carbocycles. The Kier molecular flexibility index (Phi) is 6.82. The third kappa shape index (κ3) is 4.56. The Morgan fingerprint density at radius 3 is 2.94 bits per heavy atom. The number of fused-ring (bicyclic) bond motifs is 3. The molecule has 0 saturated heterocycles. The van der Waals surface area contributed by atoms with Crippen LogP contribution in [0.1, 0.15) is 53.6 Å². The van der Waals surface area contributed by atoms with Crippen molar-refractivity contribution in [1.82, 2.24) is 0 Å². The quantitative estimate of drug-likeness (QED) is 0.420. The number of hydrogen-bond acceptors (Lipinski definition) is 5. The number of aliphatic hydroxyl groups is 1. The van der Waals surface area contributed by atoms with Crippen LogP contribution < -0.4 is 9.64 Å². The summed E-state index contributed by atoms with van der Waals surface area (Å²) in [6, 6.07) is 11.8. The zero-order chi connectivity index (χ0) is 24.6. The molecule has 0 bridgehead atoms. The fourth-order valence-corrected chi connectivity index (χ4v) is 6.51. The van der Waals surface area contributed by atoms with Crippen LogP contribution in [0.2, 0.25) is 5.02 Å². The zero-order valence-corrected chi connectivity index (χ0v) is 21.1. The van der Waals surface area contributed by atoms with Gasteiger partial charge in [-0.25, -0.2) is 4.79 Å². The second-order valence-electron chi connectivity index (χ2n) is 10.4. The van der Waals surface area contributed by atoms with E-state index in [1.807, 2.05) is 18.2 Å². The molecule has 1 aliphatic heterocycles. The van der Waals surface area contributed by atoms with Crippen molar-refractivity contribution in [2.45, 2.75) is 50.0 Å². The highest BCUT2D eigenvalue weighted by molar-refractivity contribution is 6.30. The SMILES string of the molecule is C=CCC(O)C1CCC1CN1C[C@@]2(CCCc3cc(Cl)ccc32)COc2ccc(C(=O)OC)cc21. The molecule has 2 aromatic carbocycles. The highest BCUT2D eigenvalue weighted by Crippen LogP contribution is 2.46. The molecule has 1 saturated carbocycles. The van der Waals surface area contributed by atoms with E-state index in [0.29, 0.717) is 24.5 Å². The molecule has 1 heterocycles. The maximum atomic E-state index is 12.3. The highest BCUT2D eigenvalue weighted by Gasteiger charge is 2.44. The minimum absolute atomic E-state index is 0.165. The van der Waals surface area contributed by atoms with Crippen molar-refractivity contribution in [3.63, 3.8) is 0 Å². The van der Waals surface area contributed by atoms with E-state index in [4.69, 9.17) is 21.1 Å². The predicted octanol–water partition coefficient (Wildman–Crippen LogP) is 5.56. The van der Waals surface area contributed by atoms with Crippen LogP contribution in [-0.4, -0.2) is 44.0 Å². The lowest BCUT2D eigenvalue weighted by atomic mass is 9.68. The van der Waals surface area contributed by atoms with Gasteiger partial charge in [-0.3, -0.25) is 0 Å². The molecular formula is C29H34ClNO4. The minimum Gasteiger partial charge on any atom is -0.490 e. The van der Waals surface area contributed by atoms with Gasteiger partial charge in [-0.1, -0.05) is 23.7 Å². The molecule has 186 valence electrons. The molecule has 0 aromatic heterocycles. The molecule has 5 nitrogen and oxygen atoms in total. The Morgan fingerprint density at radius 1 is 1.34 bits per heavy atom. The van der Waals surface area contributed by atoms with Gasteiger partial charge in [0.2, 0.25) is 0 Å². The summed E-state index contributed by atoms with van der Waals surface area (Å²) in [5, 5.41) is 11.4. The maximum Gasteiger partial charge on any atom is 0.337 e. The van der Waals surface area contributed by atoms with Gasteiger partial charge in [-0.15, -0.1) is 6.58 Å². The first-order chi connectivity index (χ1) is 16.9. The number of benzene rings is 2. The smallest absolute Gasteiger partial charge is 0.337 e. The second kappa shape index (κ2) is 9.87. The summed E-state index contributed by atoms with van der Waals surface area (Å²) in [4.78, 5) is 14.7. The van der Waals surface area contributed by atoms with Crippen LogP contribution >= 0.6 is 11.6 Å². The molecule has 6 heteroatoms. The van der Waals surface area contributed by atoms with E-state index in [0.717, 1.165) is 61.7 Å². The Labute approximate surface area is 212 Å². The summed E-state index contributed by atoms with van der Waals surface area (Å²) in [5.74, 6) is 1.08. The maximum absolute atomic E-state index is 12.3. The molecule has 2 aromatic rings. The summed E-state index contributed by atoms with van der Waals surface area (Å²) in [7, 11) is 1.40. The molecule has 3 unspecified atom stereocenters. The van der Waals surface area contributed by atoms with Crippen molar-refractivity contribution in [3.8, 4) is 5.75 Å². The standard InChI is InChI=1S/C29H34ClNO4/c1-3-5-26(32)23-10-7-21(23)16-31-17-29(13-4-6-19-14-22(30)9-11-24(19)29)18-35-27-12-8-20(15-25(27)31)28(33)34-2/h3,8-9,11-12,14-15,21,23,26,32H,1,4-7,10,13,16-18H2,2H3/t21?,23?,26?,29-/m0/s1. The van der Waals surface area contributed by atoms with Gasteiger partial charge in [0, 0.05) is 23.5 Å². The van der Waals surface area contributed by atoms with E-state index in [9.17, 15) is 9.90 Å². The number of carbonyl (C=O) groups excluding carboxylic acids is 1. The summed E-state index contributed by atoms with van der Waals surface area (Å²) >= 11 is 6.35. The van der Waals surface area contributed by atoms with Gasteiger partial charge in [0.25, 0.3) is 0 Å². The molecule has 4 atom stereocenters. The number of rotatable bonds is 6. The first-order valence-electron chi connectivity index (χ1n) is 12.6. The topological polar surface area (TPSA) is 59.0 Å². The Morgan fingerprint density at radius 2 is 2.20 bits per heavy atom. The molecule has 5 rings (SSSR count). The average molecular weight is 496 g/mol. The lowest BCUT2D eigenvalue weighted by Crippen LogP contribution is -2.49. The fraction of sp³-hybridized carbons (Fsp3) is 0.483. The summed E-state index contributed by atoms with van der Waals surface area (Å²) in [6.45, 7) is 5.98. The largest absolute Gasteiger partial charge is 0.490 e. The average Bonchev–Trinajstić information content (AvgIpc) is 2.98. The lowest BCUT2D eigenvalue weighted by molar-refractivity contribution is 0.0178. The zero-order valence-electron chi connectivity index (χ0n) is 20.3. The highest BCUT2D eigenvalue weighted by atomic mass is 35.5. The van der Waals surface area contributed by atoms with Crippen LogP contribution in [-0.2, 0) is 16.6 Å². The number of ether oxygens (including phenoxy) is 2. The molecular weight excluding hydrogens is 462 g/mol. The van der Waals surface area contributed by atoms with Crippen molar-refractivity contribution in [2.24, 2.45) is 11.8 Å². The monoisotopic (exact) mass is 495 g/mol. The molecule has 1 N–H and O–H groups in total. The summed E-state index contributed by atoms with van der Waals surface area (Å²) < 4.78 is 11.5. The second-order valence-corrected chi connectivity index (χ2v) is 10.8. The summed E-state index contributed by atoms with van der Waals surface area (Å²) in [6.07, 6.45) is 7.31. The van der Waals surface area contributed by atoms with E-state index < -0.39 is 0 Å². The molecule has 35 heavy (non-hydrogen) atoms. The van der Waals surface area contributed by atoms with Crippen LogP contribution in [0.3, 0.4) is 0 Å². The number of aryl methyl sites for hydroxylation is 1. The number of hydrogen-bond donors (Lipinski definition) is 1. The van der Waals surface area contributed by atoms with Gasteiger partial charge >= 0.3 is 5.97 Å². The Balaban J connectivity index is 1.53. The number of esters is 1. The van der Waals surface area contributed by atoms with E-state index >= 15 is 0 Å². The van der Waals surface area contributed by atoms with Crippen molar-refractivity contribution < 1.29 is 19.4 Å². The van der Waals surface area contributed by atoms with Crippen molar-refractivity contribution in [3.05, 3.63) is 70.8 Å². The molecule has 0 radical (unpaired) electrons. The molecule has 1 fully saturated rings. The number of methoxy groups -OCH3 is 1. The number of anilines is 1. The number of halogens is 1. The van der Waals surface area contributed by atoms with E-state index in [-0.39, 0.29) is 23.4 Å². The van der Waals surface area contributed by atoms with E-state index in [2.05, 4.69) is 23.6 Å². The van der Waals surface area contributed by atoms with Gasteiger partial charge in [0.15, 0.2) is 0 Å². The van der Waals surface area contributed by atoms with Crippen LogP contribution in [0.15, 0.2) is 49.1 Å². The normalized spacial score (nSPS) is 26.0. The molecule has 0 amide bonds. The van der Waals surface area contributed by atoms with Crippen molar-refractivity contribution in [1.29, 1.82) is 0 Å². The van der Waals surface area contributed by atoms with E-state index in [1.54, 1.807) is 12.1 Å². The van der Waals surface area contributed by atoms with Gasteiger partial charge in [-0.2, -0.15) is 0 Å². The minimum atomic E-state index is -0.359. The molecule has 1 spiro atoms. The lowest BCUT2D eigenvalue weighted by Gasteiger charge is -2.45. The Bertz CT molecular complexity index is 1120. The molecule has 3 aliphatic rings. The van der Waals surface area contributed by atoms with Gasteiger partial charge in [0.05, 0.1) is 31.1 Å². The third-order valence-corrected chi connectivity index (χ3v) is 8.53. The number of nitrogens with zero attached hydrogens (tertiary/aromatic N) is 1. The Hall–Kier alpha value is -2.50.